The number of carbonyl (C=O) groups excluding carboxylic acids is 1. The summed E-state index contributed by atoms with van der Waals surface area (Å²) in [6.07, 6.45) is 0. The molecule has 0 spiro atoms. The van der Waals surface area contributed by atoms with Gasteiger partial charge in [0.25, 0.3) is 0 Å². The summed E-state index contributed by atoms with van der Waals surface area (Å²) in [6.45, 7) is 5.27. The van der Waals surface area contributed by atoms with Crippen LogP contribution in [0.5, 0.6) is 5.75 Å². The second-order valence-electron chi connectivity index (χ2n) is 4.19. The summed E-state index contributed by atoms with van der Waals surface area (Å²) in [5.41, 5.74) is -0.705. The summed E-state index contributed by atoms with van der Waals surface area (Å²) >= 11 is 0. The first-order valence-electron chi connectivity index (χ1n) is 5.44. The number of esters is 1. The molecular formula is C13H17FO3. The van der Waals surface area contributed by atoms with Gasteiger partial charge in [0.05, 0.1) is 19.1 Å². The molecule has 0 unspecified atom stereocenters. The van der Waals surface area contributed by atoms with Gasteiger partial charge in [0.15, 0.2) is 0 Å². The van der Waals surface area contributed by atoms with E-state index in [2.05, 4.69) is 0 Å². The Labute approximate surface area is 101 Å². The zero-order chi connectivity index (χ0) is 13.1. The quantitative estimate of drug-likeness (QED) is 0.759. The standard InChI is InChI=1S/C13H17FO3/c1-5-17-12(15)13(2,3)10-7-6-9(16-4)8-11(10)14/h6-8H,5H2,1-4H3. The first kappa shape index (κ1) is 13.5. The molecule has 0 saturated carbocycles. The molecule has 1 rings (SSSR count). The second-order valence-corrected chi connectivity index (χ2v) is 4.19. The highest BCUT2D eigenvalue weighted by molar-refractivity contribution is 5.82. The molecule has 0 heterocycles. The van der Waals surface area contributed by atoms with Crippen LogP contribution < -0.4 is 4.74 Å². The normalized spacial score (nSPS) is 11.1. The molecule has 0 aliphatic rings. The Morgan fingerprint density at radius 1 is 1.41 bits per heavy atom. The fourth-order valence-electron chi connectivity index (χ4n) is 1.55. The molecule has 0 bridgehead atoms. The predicted octanol–water partition coefficient (Wildman–Crippen LogP) is 2.68. The van der Waals surface area contributed by atoms with Crippen LogP contribution in [0.15, 0.2) is 18.2 Å². The number of rotatable bonds is 4. The number of benzene rings is 1. The van der Waals surface area contributed by atoms with E-state index in [1.165, 1.54) is 13.2 Å². The summed E-state index contributed by atoms with van der Waals surface area (Å²) in [5, 5.41) is 0. The van der Waals surface area contributed by atoms with Crippen LogP contribution in [0, 0.1) is 5.82 Å². The van der Waals surface area contributed by atoms with Crippen molar-refractivity contribution in [2.45, 2.75) is 26.2 Å². The first-order chi connectivity index (χ1) is 7.93. The molecular weight excluding hydrogens is 223 g/mol. The van der Waals surface area contributed by atoms with Crippen molar-refractivity contribution >= 4 is 5.97 Å². The van der Waals surface area contributed by atoms with E-state index >= 15 is 0 Å². The van der Waals surface area contributed by atoms with Gasteiger partial charge in [-0.2, -0.15) is 0 Å². The molecule has 0 aliphatic heterocycles. The van der Waals surface area contributed by atoms with Gasteiger partial charge < -0.3 is 9.47 Å². The van der Waals surface area contributed by atoms with Crippen LogP contribution in [0.2, 0.25) is 0 Å². The summed E-state index contributed by atoms with van der Waals surface area (Å²) in [7, 11) is 1.46. The smallest absolute Gasteiger partial charge is 0.316 e. The van der Waals surface area contributed by atoms with Crippen LogP contribution in [0.4, 0.5) is 4.39 Å². The molecule has 0 saturated heterocycles. The van der Waals surface area contributed by atoms with Crippen molar-refractivity contribution in [2.75, 3.05) is 13.7 Å². The minimum absolute atomic E-state index is 0.278. The van der Waals surface area contributed by atoms with E-state index < -0.39 is 17.2 Å². The molecule has 0 aromatic heterocycles. The van der Waals surface area contributed by atoms with Crippen molar-refractivity contribution in [3.05, 3.63) is 29.6 Å². The van der Waals surface area contributed by atoms with Crippen LogP contribution in [-0.2, 0) is 14.9 Å². The minimum Gasteiger partial charge on any atom is -0.497 e. The Bertz CT molecular complexity index is 413. The van der Waals surface area contributed by atoms with Gasteiger partial charge in [-0.25, -0.2) is 4.39 Å². The van der Waals surface area contributed by atoms with Crippen molar-refractivity contribution in [3.8, 4) is 5.75 Å². The van der Waals surface area contributed by atoms with Crippen LogP contribution in [0.25, 0.3) is 0 Å². The number of methoxy groups -OCH3 is 1. The molecule has 1 aromatic carbocycles. The van der Waals surface area contributed by atoms with E-state index in [9.17, 15) is 9.18 Å². The topological polar surface area (TPSA) is 35.5 Å². The van der Waals surface area contributed by atoms with Crippen LogP contribution in [0.3, 0.4) is 0 Å². The Morgan fingerprint density at radius 2 is 2.06 bits per heavy atom. The molecule has 3 nitrogen and oxygen atoms in total. The molecule has 0 atom stereocenters. The van der Waals surface area contributed by atoms with Gasteiger partial charge in [0.1, 0.15) is 11.6 Å². The highest BCUT2D eigenvalue weighted by Gasteiger charge is 2.33. The lowest BCUT2D eigenvalue weighted by Crippen LogP contribution is -2.32. The van der Waals surface area contributed by atoms with Crippen LogP contribution in [-0.4, -0.2) is 19.7 Å². The molecule has 1 aromatic rings. The van der Waals surface area contributed by atoms with E-state index in [0.717, 1.165) is 0 Å². The maximum absolute atomic E-state index is 13.8. The fraction of sp³-hybridized carbons (Fsp3) is 0.462. The third kappa shape index (κ3) is 2.75. The van der Waals surface area contributed by atoms with Crippen molar-refractivity contribution in [1.82, 2.24) is 0 Å². The summed E-state index contributed by atoms with van der Waals surface area (Å²) in [6, 6.07) is 4.43. The number of hydrogen-bond acceptors (Lipinski definition) is 3. The molecule has 17 heavy (non-hydrogen) atoms. The predicted molar refractivity (Wildman–Crippen MR) is 62.6 cm³/mol. The third-order valence-electron chi connectivity index (χ3n) is 2.64. The zero-order valence-corrected chi connectivity index (χ0v) is 10.5. The number of carbonyl (C=O) groups is 1. The van der Waals surface area contributed by atoms with Crippen molar-refractivity contribution in [1.29, 1.82) is 0 Å². The highest BCUT2D eigenvalue weighted by Crippen LogP contribution is 2.29. The second kappa shape index (κ2) is 5.17. The third-order valence-corrected chi connectivity index (χ3v) is 2.64. The summed E-state index contributed by atoms with van der Waals surface area (Å²) < 4.78 is 23.7. The summed E-state index contributed by atoms with van der Waals surface area (Å²) in [4.78, 5) is 11.8. The minimum atomic E-state index is -1.01. The van der Waals surface area contributed by atoms with Gasteiger partial charge in [-0.05, 0) is 26.8 Å². The SMILES string of the molecule is CCOC(=O)C(C)(C)c1ccc(OC)cc1F. The molecule has 0 radical (unpaired) electrons. The zero-order valence-electron chi connectivity index (χ0n) is 10.5. The lowest BCUT2D eigenvalue weighted by atomic mass is 9.84. The lowest BCUT2D eigenvalue weighted by Gasteiger charge is -2.23. The Morgan fingerprint density at radius 3 is 2.53 bits per heavy atom. The highest BCUT2D eigenvalue weighted by atomic mass is 19.1. The van der Waals surface area contributed by atoms with Gasteiger partial charge in [-0.3, -0.25) is 4.79 Å². The van der Waals surface area contributed by atoms with E-state index in [4.69, 9.17) is 9.47 Å². The van der Waals surface area contributed by atoms with Gasteiger partial charge in [-0.15, -0.1) is 0 Å². The lowest BCUT2D eigenvalue weighted by molar-refractivity contribution is -0.148. The maximum atomic E-state index is 13.8. The van der Waals surface area contributed by atoms with Crippen molar-refractivity contribution in [2.24, 2.45) is 0 Å². The molecule has 94 valence electrons. The monoisotopic (exact) mass is 240 g/mol. The number of halogens is 1. The van der Waals surface area contributed by atoms with E-state index in [1.807, 2.05) is 0 Å². The molecule has 0 aliphatic carbocycles. The van der Waals surface area contributed by atoms with Crippen molar-refractivity contribution in [3.63, 3.8) is 0 Å². The van der Waals surface area contributed by atoms with Gasteiger partial charge in [0, 0.05) is 11.6 Å². The van der Waals surface area contributed by atoms with Crippen molar-refractivity contribution < 1.29 is 18.7 Å². The van der Waals surface area contributed by atoms with Gasteiger partial charge >= 0.3 is 5.97 Å². The van der Waals surface area contributed by atoms with E-state index in [1.54, 1.807) is 32.9 Å². The Hall–Kier alpha value is -1.58. The Balaban J connectivity index is 3.10. The van der Waals surface area contributed by atoms with Gasteiger partial charge in [0.2, 0.25) is 0 Å². The van der Waals surface area contributed by atoms with E-state index in [-0.39, 0.29) is 6.61 Å². The average Bonchev–Trinajstić information content (AvgIpc) is 2.28. The molecule has 4 heteroatoms. The largest absolute Gasteiger partial charge is 0.497 e. The average molecular weight is 240 g/mol. The fourth-order valence-corrected chi connectivity index (χ4v) is 1.55. The molecule has 0 N–H and O–H groups in total. The van der Waals surface area contributed by atoms with E-state index in [0.29, 0.717) is 11.3 Å². The van der Waals surface area contributed by atoms with Crippen LogP contribution >= 0.6 is 0 Å². The Kier molecular flexibility index (Phi) is 4.10. The number of hydrogen-bond donors (Lipinski definition) is 0. The summed E-state index contributed by atoms with van der Waals surface area (Å²) in [5.74, 6) is -0.489. The van der Waals surface area contributed by atoms with Gasteiger partial charge in [-0.1, -0.05) is 6.07 Å². The number of ether oxygens (including phenoxy) is 2. The van der Waals surface area contributed by atoms with Crippen LogP contribution in [0.1, 0.15) is 26.3 Å². The maximum Gasteiger partial charge on any atom is 0.316 e. The first-order valence-corrected chi connectivity index (χ1v) is 5.44. The molecule has 0 fully saturated rings. The molecule has 0 amide bonds.